The molecule has 0 bridgehead atoms. The Morgan fingerprint density at radius 1 is 1.40 bits per heavy atom. The van der Waals surface area contributed by atoms with Crippen LogP contribution in [0.25, 0.3) is 0 Å². The molecular formula is C14H19BrN2O3. The quantitative estimate of drug-likeness (QED) is 0.741. The van der Waals surface area contributed by atoms with E-state index in [1.165, 1.54) is 0 Å². The van der Waals surface area contributed by atoms with Crippen LogP contribution in [0, 0.1) is 12.8 Å². The number of hydrogen-bond donors (Lipinski definition) is 3. The number of carboxylic acids is 1. The lowest BCUT2D eigenvalue weighted by Gasteiger charge is -2.14. The van der Waals surface area contributed by atoms with E-state index in [0.29, 0.717) is 18.7 Å². The predicted molar refractivity (Wildman–Crippen MR) is 81.9 cm³/mol. The minimum absolute atomic E-state index is 0.0563. The summed E-state index contributed by atoms with van der Waals surface area (Å²) in [6, 6.07) is 5.33. The maximum Gasteiger partial charge on any atom is 0.319 e. The predicted octanol–water partition coefficient (Wildman–Crippen LogP) is 3.38. The van der Waals surface area contributed by atoms with Gasteiger partial charge in [-0.05, 0) is 46.5 Å². The molecule has 0 heterocycles. The Balaban J connectivity index is 2.51. The molecule has 3 N–H and O–H groups in total. The zero-order valence-electron chi connectivity index (χ0n) is 11.6. The van der Waals surface area contributed by atoms with Gasteiger partial charge in [0.15, 0.2) is 0 Å². The van der Waals surface area contributed by atoms with Gasteiger partial charge in [0, 0.05) is 17.4 Å². The van der Waals surface area contributed by atoms with E-state index in [4.69, 9.17) is 5.11 Å². The Bertz CT molecular complexity index is 491. The molecule has 1 aromatic rings. The normalized spacial score (nSPS) is 11.8. The Labute approximate surface area is 126 Å². The van der Waals surface area contributed by atoms with Crippen LogP contribution in [0.3, 0.4) is 0 Å². The monoisotopic (exact) mass is 342 g/mol. The first-order valence-electron chi connectivity index (χ1n) is 6.45. The molecule has 5 nitrogen and oxygen atoms in total. The van der Waals surface area contributed by atoms with Crippen molar-refractivity contribution in [2.75, 3.05) is 11.9 Å². The fourth-order valence-electron chi connectivity index (χ4n) is 1.75. The molecule has 20 heavy (non-hydrogen) atoms. The van der Waals surface area contributed by atoms with Crippen LogP contribution in [0.2, 0.25) is 0 Å². The average Bonchev–Trinajstić information content (AvgIpc) is 2.38. The summed E-state index contributed by atoms with van der Waals surface area (Å²) in [4.78, 5) is 22.4. The first-order valence-corrected chi connectivity index (χ1v) is 7.24. The highest BCUT2D eigenvalue weighted by Crippen LogP contribution is 2.23. The summed E-state index contributed by atoms with van der Waals surface area (Å²) in [7, 11) is 0. The number of anilines is 1. The minimum atomic E-state index is -0.847. The molecule has 1 unspecified atom stereocenters. The van der Waals surface area contributed by atoms with Crippen molar-refractivity contribution in [2.45, 2.75) is 26.7 Å². The molecule has 110 valence electrons. The molecule has 2 amide bonds. The Kier molecular flexibility index (Phi) is 6.51. The lowest BCUT2D eigenvalue weighted by molar-refractivity contribution is -0.138. The molecule has 0 aliphatic rings. The van der Waals surface area contributed by atoms with E-state index >= 15 is 0 Å². The third-order valence-corrected chi connectivity index (χ3v) is 3.65. The van der Waals surface area contributed by atoms with Gasteiger partial charge >= 0.3 is 12.0 Å². The first kappa shape index (κ1) is 16.5. The largest absolute Gasteiger partial charge is 0.481 e. The second-order valence-corrected chi connectivity index (χ2v) is 5.54. The van der Waals surface area contributed by atoms with Crippen LogP contribution in [0.4, 0.5) is 10.5 Å². The van der Waals surface area contributed by atoms with Gasteiger partial charge in [0.05, 0.1) is 5.69 Å². The van der Waals surface area contributed by atoms with Crippen molar-refractivity contribution in [1.82, 2.24) is 5.32 Å². The molecule has 0 saturated heterocycles. The molecule has 0 fully saturated rings. The standard InChI is InChI=1S/C14H19BrN2O3/c1-3-10(7-13(18)19)8-16-14(20)17-12-6-9(2)4-5-11(12)15/h4-6,10H,3,7-8H2,1-2H3,(H,18,19)(H2,16,17,20). The second kappa shape index (κ2) is 7.89. The van der Waals surface area contributed by atoms with E-state index < -0.39 is 5.97 Å². The topological polar surface area (TPSA) is 78.4 Å². The highest BCUT2D eigenvalue weighted by molar-refractivity contribution is 9.10. The van der Waals surface area contributed by atoms with Gasteiger partial charge in [-0.25, -0.2) is 4.79 Å². The maximum atomic E-state index is 11.8. The van der Waals surface area contributed by atoms with E-state index in [-0.39, 0.29) is 18.4 Å². The van der Waals surface area contributed by atoms with E-state index in [1.807, 2.05) is 32.0 Å². The van der Waals surface area contributed by atoms with Gasteiger partial charge in [0.25, 0.3) is 0 Å². The second-order valence-electron chi connectivity index (χ2n) is 4.69. The van der Waals surface area contributed by atoms with Crippen molar-refractivity contribution in [3.8, 4) is 0 Å². The molecule has 1 aromatic carbocycles. The van der Waals surface area contributed by atoms with Gasteiger partial charge in [-0.2, -0.15) is 0 Å². The van der Waals surface area contributed by atoms with E-state index in [9.17, 15) is 9.59 Å². The fourth-order valence-corrected chi connectivity index (χ4v) is 2.09. The van der Waals surface area contributed by atoms with Crippen LogP contribution in [-0.2, 0) is 4.79 Å². The number of amides is 2. The summed E-state index contributed by atoms with van der Waals surface area (Å²) in [6.45, 7) is 4.19. The Hall–Kier alpha value is -1.56. The van der Waals surface area contributed by atoms with Crippen molar-refractivity contribution >= 4 is 33.6 Å². The molecule has 1 atom stereocenters. The van der Waals surface area contributed by atoms with E-state index in [2.05, 4.69) is 26.6 Å². The number of carbonyl (C=O) groups is 2. The Morgan fingerprint density at radius 3 is 2.70 bits per heavy atom. The summed E-state index contributed by atoms with van der Waals surface area (Å²) < 4.78 is 0.802. The third-order valence-electron chi connectivity index (χ3n) is 2.96. The smallest absolute Gasteiger partial charge is 0.319 e. The maximum absolute atomic E-state index is 11.8. The van der Waals surface area contributed by atoms with Crippen LogP contribution in [0.15, 0.2) is 22.7 Å². The van der Waals surface area contributed by atoms with Gasteiger partial charge < -0.3 is 15.7 Å². The molecule has 1 rings (SSSR count). The zero-order valence-corrected chi connectivity index (χ0v) is 13.2. The van der Waals surface area contributed by atoms with Gasteiger partial charge in [0.2, 0.25) is 0 Å². The number of benzene rings is 1. The lowest BCUT2D eigenvalue weighted by atomic mass is 10.0. The highest BCUT2D eigenvalue weighted by atomic mass is 79.9. The van der Waals surface area contributed by atoms with Gasteiger partial charge in [0.1, 0.15) is 0 Å². The van der Waals surface area contributed by atoms with Crippen LogP contribution >= 0.6 is 15.9 Å². The SMILES string of the molecule is CCC(CNC(=O)Nc1cc(C)ccc1Br)CC(=O)O. The average molecular weight is 343 g/mol. The van der Waals surface area contributed by atoms with Crippen LogP contribution in [0.5, 0.6) is 0 Å². The van der Waals surface area contributed by atoms with E-state index in [1.54, 1.807) is 0 Å². The van der Waals surface area contributed by atoms with Gasteiger partial charge in [-0.15, -0.1) is 0 Å². The molecule has 0 aromatic heterocycles. The molecule has 0 spiro atoms. The Morgan fingerprint density at radius 2 is 2.10 bits per heavy atom. The number of nitrogens with one attached hydrogen (secondary N) is 2. The fraction of sp³-hybridized carbons (Fsp3) is 0.429. The molecule has 0 aliphatic heterocycles. The highest BCUT2D eigenvalue weighted by Gasteiger charge is 2.13. The van der Waals surface area contributed by atoms with Gasteiger partial charge in [-0.1, -0.05) is 19.4 Å². The summed E-state index contributed by atoms with van der Waals surface area (Å²) in [6.07, 6.45) is 0.769. The number of carboxylic acid groups (broad SMARTS) is 1. The summed E-state index contributed by atoms with van der Waals surface area (Å²) in [5, 5.41) is 14.2. The third kappa shape index (κ3) is 5.61. The number of aliphatic carboxylic acids is 1. The number of halogens is 1. The summed E-state index contributed by atoms with van der Waals surface area (Å²) in [5.41, 5.74) is 1.73. The number of hydrogen-bond acceptors (Lipinski definition) is 2. The number of carbonyl (C=O) groups excluding carboxylic acids is 1. The molecule has 6 heteroatoms. The summed E-state index contributed by atoms with van der Waals surface area (Å²) in [5.74, 6) is -0.903. The molecule has 0 saturated carbocycles. The molecule has 0 aliphatic carbocycles. The van der Waals surface area contributed by atoms with Gasteiger partial charge in [-0.3, -0.25) is 4.79 Å². The van der Waals surface area contributed by atoms with Crippen molar-refractivity contribution in [2.24, 2.45) is 5.92 Å². The zero-order chi connectivity index (χ0) is 15.1. The van der Waals surface area contributed by atoms with Crippen molar-refractivity contribution < 1.29 is 14.7 Å². The number of rotatable bonds is 6. The van der Waals surface area contributed by atoms with E-state index in [0.717, 1.165) is 10.0 Å². The molecule has 0 radical (unpaired) electrons. The van der Waals surface area contributed by atoms with Crippen molar-refractivity contribution in [3.63, 3.8) is 0 Å². The first-order chi connectivity index (χ1) is 9.42. The minimum Gasteiger partial charge on any atom is -0.481 e. The van der Waals surface area contributed by atoms with Crippen LogP contribution < -0.4 is 10.6 Å². The lowest BCUT2D eigenvalue weighted by Crippen LogP contribution is -2.33. The van der Waals surface area contributed by atoms with Crippen LogP contribution in [-0.4, -0.2) is 23.7 Å². The summed E-state index contributed by atoms with van der Waals surface area (Å²) >= 11 is 3.37. The number of aryl methyl sites for hydroxylation is 1. The van der Waals surface area contributed by atoms with Crippen molar-refractivity contribution in [3.05, 3.63) is 28.2 Å². The number of urea groups is 1. The van der Waals surface area contributed by atoms with Crippen molar-refractivity contribution in [1.29, 1.82) is 0 Å². The molecular weight excluding hydrogens is 324 g/mol. The van der Waals surface area contributed by atoms with Crippen LogP contribution in [0.1, 0.15) is 25.3 Å².